The van der Waals surface area contributed by atoms with E-state index in [0.29, 0.717) is 17.7 Å². The Bertz CT molecular complexity index is 807. The lowest BCUT2D eigenvalue weighted by Gasteiger charge is -2.06. The highest BCUT2D eigenvalue weighted by atomic mass is 19.1. The Hall–Kier alpha value is -2.62. The average Bonchev–Trinajstić information content (AvgIpc) is 2.88. The van der Waals surface area contributed by atoms with Crippen LogP contribution in [0.25, 0.3) is 10.9 Å². The molecule has 2 aromatic carbocycles. The van der Waals surface area contributed by atoms with Crippen molar-refractivity contribution in [1.29, 1.82) is 0 Å². The van der Waals surface area contributed by atoms with Gasteiger partial charge in [-0.3, -0.25) is 0 Å². The van der Waals surface area contributed by atoms with E-state index in [1.165, 1.54) is 13.2 Å². The van der Waals surface area contributed by atoms with Crippen LogP contribution >= 0.6 is 0 Å². The number of rotatable bonds is 3. The van der Waals surface area contributed by atoms with Gasteiger partial charge < -0.3 is 9.30 Å². The molecule has 0 N–H and O–H groups in total. The molecular weight excluding hydrogens is 269 g/mol. The summed E-state index contributed by atoms with van der Waals surface area (Å²) in [6.07, 6.45) is 1.71. The number of carbonyl (C=O) groups excluding carboxylic acids is 1. The first-order chi connectivity index (χ1) is 10.2. The maximum absolute atomic E-state index is 13.8. The molecule has 21 heavy (non-hydrogen) atoms. The van der Waals surface area contributed by atoms with Crippen LogP contribution in [0.2, 0.25) is 0 Å². The summed E-state index contributed by atoms with van der Waals surface area (Å²) >= 11 is 0. The maximum atomic E-state index is 13.8. The van der Waals surface area contributed by atoms with E-state index in [-0.39, 0.29) is 5.82 Å². The molecular formula is C17H14FNO2. The Morgan fingerprint density at radius 2 is 1.86 bits per heavy atom. The molecule has 3 nitrogen and oxygen atoms in total. The van der Waals surface area contributed by atoms with Crippen LogP contribution in [0.15, 0.2) is 54.7 Å². The molecule has 3 rings (SSSR count). The van der Waals surface area contributed by atoms with E-state index in [0.717, 1.165) is 10.9 Å². The lowest BCUT2D eigenvalue weighted by molar-refractivity contribution is 0.0602. The predicted molar refractivity (Wildman–Crippen MR) is 78.8 cm³/mol. The highest BCUT2D eigenvalue weighted by Crippen LogP contribution is 2.23. The van der Waals surface area contributed by atoms with Gasteiger partial charge in [0.1, 0.15) is 5.82 Å². The van der Waals surface area contributed by atoms with E-state index in [1.807, 2.05) is 28.8 Å². The Labute approximate surface area is 121 Å². The average molecular weight is 283 g/mol. The second kappa shape index (κ2) is 5.40. The number of hydrogen-bond acceptors (Lipinski definition) is 2. The lowest BCUT2D eigenvalue weighted by atomic mass is 10.2. The van der Waals surface area contributed by atoms with Crippen molar-refractivity contribution in [3.8, 4) is 0 Å². The van der Waals surface area contributed by atoms with Crippen LogP contribution in [0.5, 0.6) is 0 Å². The number of benzene rings is 2. The maximum Gasteiger partial charge on any atom is 0.340 e. The molecule has 1 aromatic heterocycles. The number of halogens is 1. The van der Waals surface area contributed by atoms with Crippen molar-refractivity contribution in [2.75, 3.05) is 7.11 Å². The zero-order valence-corrected chi connectivity index (χ0v) is 11.5. The molecule has 4 heteroatoms. The second-order valence-corrected chi connectivity index (χ2v) is 4.77. The highest BCUT2D eigenvalue weighted by Gasteiger charge is 2.15. The van der Waals surface area contributed by atoms with Crippen molar-refractivity contribution in [3.63, 3.8) is 0 Å². The number of fused-ring (bicyclic) bond motifs is 1. The lowest BCUT2D eigenvalue weighted by Crippen LogP contribution is -2.02. The first kappa shape index (κ1) is 13.4. The molecule has 0 spiro atoms. The van der Waals surface area contributed by atoms with E-state index >= 15 is 0 Å². The van der Waals surface area contributed by atoms with E-state index < -0.39 is 5.97 Å². The molecule has 0 amide bonds. The largest absolute Gasteiger partial charge is 0.465 e. The zero-order chi connectivity index (χ0) is 14.8. The van der Waals surface area contributed by atoms with Gasteiger partial charge in [0.2, 0.25) is 0 Å². The first-order valence-corrected chi connectivity index (χ1v) is 6.60. The van der Waals surface area contributed by atoms with Crippen LogP contribution in [-0.4, -0.2) is 17.6 Å². The molecule has 0 aliphatic rings. The van der Waals surface area contributed by atoms with Gasteiger partial charge in [-0.2, -0.15) is 0 Å². The molecule has 0 saturated heterocycles. The van der Waals surface area contributed by atoms with Gasteiger partial charge in [-0.1, -0.05) is 36.4 Å². The summed E-state index contributed by atoms with van der Waals surface area (Å²) in [4.78, 5) is 11.9. The van der Waals surface area contributed by atoms with Crippen LogP contribution < -0.4 is 0 Å². The van der Waals surface area contributed by atoms with Crippen molar-refractivity contribution in [3.05, 3.63) is 71.7 Å². The van der Waals surface area contributed by atoms with Gasteiger partial charge in [0, 0.05) is 22.7 Å². The van der Waals surface area contributed by atoms with Gasteiger partial charge >= 0.3 is 5.97 Å². The number of carbonyl (C=O) groups is 1. The van der Waals surface area contributed by atoms with Crippen LogP contribution in [-0.2, 0) is 11.3 Å². The summed E-state index contributed by atoms with van der Waals surface area (Å²) in [5.41, 5.74) is 1.94. The molecule has 0 radical (unpaired) electrons. The Morgan fingerprint density at radius 1 is 1.14 bits per heavy atom. The van der Waals surface area contributed by atoms with Gasteiger partial charge in [-0.05, 0) is 12.1 Å². The summed E-state index contributed by atoms with van der Waals surface area (Å²) in [5.74, 6) is -0.645. The topological polar surface area (TPSA) is 31.2 Å². The number of hydrogen-bond donors (Lipinski definition) is 0. The summed E-state index contributed by atoms with van der Waals surface area (Å²) in [7, 11) is 1.35. The van der Waals surface area contributed by atoms with Crippen LogP contribution in [0.1, 0.15) is 15.9 Å². The quantitative estimate of drug-likeness (QED) is 0.687. The van der Waals surface area contributed by atoms with Crippen molar-refractivity contribution in [1.82, 2.24) is 4.57 Å². The Morgan fingerprint density at radius 3 is 2.62 bits per heavy atom. The monoisotopic (exact) mass is 283 g/mol. The number of esters is 1. The van der Waals surface area contributed by atoms with Crippen molar-refractivity contribution < 1.29 is 13.9 Å². The summed E-state index contributed by atoms with van der Waals surface area (Å²) < 4.78 is 20.5. The zero-order valence-electron chi connectivity index (χ0n) is 11.5. The predicted octanol–water partition coefficient (Wildman–Crippen LogP) is 3.62. The molecule has 0 bridgehead atoms. The number of aromatic nitrogens is 1. The third-order valence-electron chi connectivity index (χ3n) is 3.49. The fourth-order valence-electron chi connectivity index (χ4n) is 2.46. The summed E-state index contributed by atoms with van der Waals surface area (Å²) in [6.45, 7) is 0.365. The van der Waals surface area contributed by atoms with Crippen LogP contribution in [0, 0.1) is 5.82 Å². The molecule has 0 aliphatic carbocycles. The van der Waals surface area contributed by atoms with Crippen LogP contribution in [0.4, 0.5) is 4.39 Å². The molecule has 0 saturated carbocycles. The van der Waals surface area contributed by atoms with Crippen LogP contribution in [0.3, 0.4) is 0 Å². The fraction of sp³-hybridized carbons (Fsp3) is 0.118. The molecule has 0 aliphatic heterocycles. The molecule has 106 valence electrons. The molecule has 3 aromatic rings. The minimum atomic E-state index is -0.390. The van der Waals surface area contributed by atoms with E-state index in [2.05, 4.69) is 0 Å². The summed E-state index contributed by atoms with van der Waals surface area (Å²) in [5, 5.41) is 0.806. The number of ether oxygens (including phenoxy) is 1. The van der Waals surface area contributed by atoms with E-state index in [4.69, 9.17) is 4.74 Å². The number of methoxy groups -OCH3 is 1. The minimum absolute atomic E-state index is 0.255. The van der Waals surface area contributed by atoms with Crippen molar-refractivity contribution in [2.24, 2.45) is 0 Å². The van der Waals surface area contributed by atoms with Crippen molar-refractivity contribution in [2.45, 2.75) is 6.54 Å². The van der Waals surface area contributed by atoms with E-state index in [1.54, 1.807) is 24.4 Å². The molecule has 1 heterocycles. The SMILES string of the molecule is COC(=O)c1cn(Cc2ccccc2F)c2ccccc12. The third-order valence-corrected chi connectivity index (χ3v) is 3.49. The van der Waals surface area contributed by atoms with Gasteiger partial charge in [-0.15, -0.1) is 0 Å². The number of para-hydroxylation sites is 1. The van der Waals surface area contributed by atoms with E-state index in [9.17, 15) is 9.18 Å². The highest BCUT2D eigenvalue weighted by molar-refractivity contribution is 6.04. The number of nitrogens with zero attached hydrogens (tertiary/aromatic N) is 1. The molecule has 0 unspecified atom stereocenters. The first-order valence-electron chi connectivity index (χ1n) is 6.60. The summed E-state index contributed by atoms with van der Waals surface area (Å²) in [6, 6.07) is 14.1. The fourth-order valence-corrected chi connectivity index (χ4v) is 2.46. The second-order valence-electron chi connectivity index (χ2n) is 4.77. The van der Waals surface area contributed by atoms with Gasteiger partial charge in [0.15, 0.2) is 0 Å². The molecule has 0 fully saturated rings. The Kier molecular flexibility index (Phi) is 3.44. The normalized spacial score (nSPS) is 10.8. The smallest absolute Gasteiger partial charge is 0.340 e. The van der Waals surface area contributed by atoms with Gasteiger partial charge in [0.05, 0.1) is 19.2 Å². The minimum Gasteiger partial charge on any atom is -0.465 e. The molecule has 0 atom stereocenters. The standard InChI is InChI=1S/C17H14FNO2/c1-21-17(20)14-11-19(16-9-5-3-7-13(14)16)10-12-6-2-4-8-15(12)18/h2-9,11H,10H2,1H3. The van der Waals surface area contributed by atoms with Crippen molar-refractivity contribution >= 4 is 16.9 Å². The van der Waals surface area contributed by atoms with Gasteiger partial charge in [0.25, 0.3) is 0 Å². The third kappa shape index (κ3) is 2.40. The Balaban J connectivity index is 2.11. The van der Waals surface area contributed by atoms with Gasteiger partial charge in [-0.25, -0.2) is 9.18 Å².